The Balaban J connectivity index is 1.96. The Morgan fingerprint density at radius 3 is 2.76 bits per heavy atom. The predicted octanol–water partition coefficient (Wildman–Crippen LogP) is 4.68. The number of fused-ring (bicyclic) bond motifs is 1. The lowest BCUT2D eigenvalue weighted by Crippen LogP contribution is -2.20. The van der Waals surface area contributed by atoms with Gasteiger partial charge in [0.2, 0.25) is 0 Å². The summed E-state index contributed by atoms with van der Waals surface area (Å²) < 4.78 is 28.5. The summed E-state index contributed by atoms with van der Waals surface area (Å²) >= 11 is 1.67. The van der Waals surface area contributed by atoms with Crippen LogP contribution in [0.15, 0.2) is 47.8 Å². The van der Waals surface area contributed by atoms with Crippen molar-refractivity contribution in [1.29, 1.82) is 0 Å². The van der Waals surface area contributed by atoms with Gasteiger partial charge in [0.1, 0.15) is 11.6 Å². The molecule has 1 N–H and O–H groups in total. The van der Waals surface area contributed by atoms with E-state index in [-0.39, 0.29) is 11.9 Å². The maximum Gasteiger partial charge on any atom is 0.128 e. The van der Waals surface area contributed by atoms with Crippen LogP contribution in [0.3, 0.4) is 0 Å². The van der Waals surface area contributed by atoms with Gasteiger partial charge in [0, 0.05) is 16.3 Å². The maximum atomic E-state index is 13.9. The molecule has 1 heterocycles. The highest BCUT2D eigenvalue weighted by molar-refractivity contribution is 7.17. The third-order valence-corrected chi connectivity index (χ3v) is 4.68. The summed E-state index contributed by atoms with van der Waals surface area (Å²) in [6, 6.07) is 11.5. The summed E-state index contributed by atoms with van der Waals surface area (Å²) in [5, 5.41) is 6.36. The average molecular weight is 303 g/mol. The number of rotatable bonds is 4. The monoisotopic (exact) mass is 303 g/mol. The molecule has 0 amide bonds. The summed E-state index contributed by atoms with van der Waals surface area (Å²) in [6.07, 6.45) is 0.626. The van der Waals surface area contributed by atoms with Crippen molar-refractivity contribution in [3.63, 3.8) is 0 Å². The van der Waals surface area contributed by atoms with E-state index in [1.807, 2.05) is 12.1 Å². The number of thiophene rings is 1. The lowest BCUT2D eigenvalue weighted by molar-refractivity contribution is 0.524. The molecule has 0 fully saturated rings. The second-order valence-electron chi connectivity index (χ2n) is 4.97. The first-order chi connectivity index (χ1) is 10.2. The molecular formula is C17H15F2NS. The Morgan fingerprint density at radius 2 is 1.95 bits per heavy atom. The van der Waals surface area contributed by atoms with Crippen LogP contribution in [-0.2, 0) is 6.42 Å². The Bertz CT molecular complexity index is 766. The van der Waals surface area contributed by atoms with Crippen LogP contribution in [0, 0.1) is 11.6 Å². The molecule has 0 radical (unpaired) electrons. The normalized spacial score (nSPS) is 12.7. The van der Waals surface area contributed by atoms with E-state index in [0.29, 0.717) is 12.0 Å². The first-order valence-corrected chi connectivity index (χ1v) is 7.64. The second kappa shape index (κ2) is 5.92. The molecule has 0 bridgehead atoms. The molecule has 0 aliphatic heterocycles. The molecule has 4 heteroatoms. The Hall–Kier alpha value is -1.78. The standard InChI is InChI=1S/C17H15F2NS/c1-20-16(14-9-12(18)6-7-15(14)19)8-11-10-21-17-5-3-2-4-13(11)17/h2-7,9-10,16,20H,8H2,1H3. The summed E-state index contributed by atoms with van der Waals surface area (Å²) in [5.41, 5.74) is 1.52. The van der Waals surface area contributed by atoms with Gasteiger partial charge in [-0.2, -0.15) is 0 Å². The second-order valence-corrected chi connectivity index (χ2v) is 5.88. The highest BCUT2D eigenvalue weighted by atomic mass is 32.1. The number of nitrogens with one attached hydrogen (secondary N) is 1. The smallest absolute Gasteiger partial charge is 0.128 e. The van der Waals surface area contributed by atoms with Crippen LogP contribution >= 0.6 is 11.3 Å². The molecule has 1 nitrogen and oxygen atoms in total. The summed E-state index contributed by atoms with van der Waals surface area (Å²) in [6.45, 7) is 0. The quantitative estimate of drug-likeness (QED) is 0.738. The Morgan fingerprint density at radius 1 is 1.14 bits per heavy atom. The van der Waals surface area contributed by atoms with Crippen molar-refractivity contribution in [3.05, 3.63) is 70.6 Å². The number of likely N-dealkylation sites (N-methyl/N-ethyl adjacent to an activating group) is 1. The van der Waals surface area contributed by atoms with Crippen molar-refractivity contribution < 1.29 is 8.78 Å². The topological polar surface area (TPSA) is 12.0 Å². The van der Waals surface area contributed by atoms with Gasteiger partial charge in [-0.1, -0.05) is 18.2 Å². The zero-order valence-corrected chi connectivity index (χ0v) is 12.4. The maximum absolute atomic E-state index is 13.9. The first-order valence-electron chi connectivity index (χ1n) is 6.76. The van der Waals surface area contributed by atoms with Gasteiger partial charge in [-0.3, -0.25) is 0 Å². The zero-order valence-electron chi connectivity index (χ0n) is 11.6. The molecule has 0 saturated carbocycles. The third kappa shape index (κ3) is 2.82. The van der Waals surface area contributed by atoms with Gasteiger partial charge in [0.05, 0.1) is 0 Å². The van der Waals surface area contributed by atoms with E-state index in [4.69, 9.17) is 0 Å². The fourth-order valence-corrected chi connectivity index (χ4v) is 3.54. The van der Waals surface area contributed by atoms with E-state index in [1.54, 1.807) is 18.4 Å². The molecule has 3 rings (SSSR count). The molecule has 1 aromatic heterocycles. The zero-order chi connectivity index (χ0) is 14.8. The van der Waals surface area contributed by atoms with E-state index in [2.05, 4.69) is 22.8 Å². The lowest BCUT2D eigenvalue weighted by Gasteiger charge is -2.17. The van der Waals surface area contributed by atoms with Crippen molar-refractivity contribution in [2.24, 2.45) is 0 Å². The summed E-state index contributed by atoms with van der Waals surface area (Å²) in [4.78, 5) is 0. The van der Waals surface area contributed by atoms with Gasteiger partial charge >= 0.3 is 0 Å². The van der Waals surface area contributed by atoms with Gasteiger partial charge in [-0.05, 0) is 54.1 Å². The fourth-order valence-electron chi connectivity index (χ4n) is 2.56. The predicted molar refractivity (Wildman–Crippen MR) is 83.7 cm³/mol. The van der Waals surface area contributed by atoms with Gasteiger partial charge in [0.25, 0.3) is 0 Å². The number of halogens is 2. The van der Waals surface area contributed by atoms with Crippen LogP contribution in [-0.4, -0.2) is 7.05 Å². The minimum atomic E-state index is -0.415. The molecule has 3 aromatic rings. The SMILES string of the molecule is CNC(Cc1csc2ccccc12)c1cc(F)ccc1F. The minimum absolute atomic E-state index is 0.251. The van der Waals surface area contributed by atoms with Gasteiger partial charge in [0.15, 0.2) is 0 Å². The lowest BCUT2D eigenvalue weighted by atomic mass is 9.98. The highest BCUT2D eigenvalue weighted by Crippen LogP contribution is 2.30. The summed E-state index contributed by atoms with van der Waals surface area (Å²) in [7, 11) is 1.77. The van der Waals surface area contributed by atoms with E-state index in [1.165, 1.54) is 22.2 Å². The van der Waals surface area contributed by atoms with E-state index in [0.717, 1.165) is 11.6 Å². The van der Waals surface area contributed by atoms with Crippen LogP contribution in [0.1, 0.15) is 17.2 Å². The molecule has 1 unspecified atom stereocenters. The van der Waals surface area contributed by atoms with Crippen molar-refractivity contribution in [2.45, 2.75) is 12.5 Å². The Labute approximate surface area is 126 Å². The first kappa shape index (κ1) is 14.2. The van der Waals surface area contributed by atoms with E-state index >= 15 is 0 Å². The van der Waals surface area contributed by atoms with Crippen molar-refractivity contribution >= 4 is 21.4 Å². The van der Waals surface area contributed by atoms with E-state index in [9.17, 15) is 8.78 Å². The number of benzene rings is 2. The van der Waals surface area contributed by atoms with Crippen LogP contribution in [0.25, 0.3) is 10.1 Å². The molecule has 1 atom stereocenters. The van der Waals surface area contributed by atoms with Gasteiger partial charge in [-0.15, -0.1) is 11.3 Å². The van der Waals surface area contributed by atoms with Gasteiger partial charge in [-0.25, -0.2) is 8.78 Å². The molecule has 21 heavy (non-hydrogen) atoms. The fraction of sp³-hybridized carbons (Fsp3) is 0.176. The minimum Gasteiger partial charge on any atom is -0.313 e. The molecule has 0 saturated heterocycles. The van der Waals surface area contributed by atoms with Crippen molar-refractivity contribution in [1.82, 2.24) is 5.32 Å². The largest absolute Gasteiger partial charge is 0.313 e. The third-order valence-electron chi connectivity index (χ3n) is 3.67. The van der Waals surface area contributed by atoms with Crippen LogP contribution in [0.2, 0.25) is 0 Å². The van der Waals surface area contributed by atoms with Crippen molar-refractivity contribution in [2.75, 3.05) is 7.05 Å². The molecule has 108 valence electrons. The molecule has 0 aliphatic rings. The molecular weight excluding hydrogens is 288 g/mol. The molecule has 0 aliphatic carbocycles. The average Bonchev–Trinajstić information content (AvgIpc) is 2.91. The van der Waals surface area contributed by atoms with E-state index < -0.39 is 5.82 Å². The number of hydrogen-bond acceptors (Lipinski definition) is 2. The Kier molecular flexibility index (Phi) is 3.99. The number of hydrogen-bond donors (Lipinski definition) is 1. The van der Waals surface area contributed by atoms with Gasteiger partial charge < -0.3 is 5.32 Å². The van der Waals surface area contributed by atoms with Crippen LogP contribution < -0.4 is 5.32 Å². The van der Waals surface area contributed by atoms with Crippen LogP contribution in [0.5, 0.6) is 0 Å². The van der Waals surface area contributed by atoms with Crippen molar-refractivity contribution in [3.8, 4) is 0 Å². The molecule has 2 aromatic carbocycles. The van der Waals surface area contributed by atoms with Crippen LogP contribution in [0.4, 0.5) is 8.78 Å². The summed E-state index contributed by atoms with van der Waals surface area (Å²) in [5.74, 6) is -0.794. The highest BCUT2D eigenvalue weighted by Gasteiger charge is 2.17. The molecule has 0 spiro atoms.